The molecule has 0 saturated carbocycles. The molecule has 0 bridgehead atoms. The first-order chi connectivity index (χ1) is 4.01. The van der Waals surface area contributed by atoms with Gasteiger partial charge in [0.25, 0.3) is 5.84 Å². The maximum Gasteiger partial charge on any atom is 0.266 e. The van der Waals surface area contributed by atoms with Crippen LogP contribution in [0.15, 0.2) is 0 Å². The van der Waals surface area contributed by atoms with Crippen LogP contribution in [-0.4, -0.2) is 23.2 Å². The van der Waals surface area contributed by atoms with E-state index in [1.807, 2.05) is 18.7 Å². The lowest BCUT2D eigenvalue weighted by atomic mass is 10.3. The second-order valence-corrected chi connectivity index (χ2v) is 3.01. The zero-order chi connectivity index (χ0) is 7.07. The molecule has 0 amide bonds. The SMILES string of the molecule is CC1=[N+](C)NC(C)(C)N1. The molecule has 1 aliphatic heterocycles. The maximum atomic E-state index is 3.27. The molecule has 0 unspecified atom stereocenters. The molecule has 0 aromatic heterocycles. The maximum absolute atomic E-state index is 3.27. The predicted molar refractivity (Wildman–Crippen MR) is 37.2 cm³/mol. The third kappa shape index (κ3) is 1.15. The largest absolute Gasteiger partial charge is 0.266 e. The second kappa shape index (κ2) is 1.62. The average Bonchev–Trinajstić information content (AvgIpc) is 1.79. The van der Waals surface area contributed by atoms with Gasteiger partial charge in [-0.15, -0.1) is 0 Å². The van der Waals surface area contributed by atoms with Crippen molar-refractivity contribution in [3.8, 4) is 0 Å². The summed E-state index contributed by atoms with van der Waals surface area (Å²) < 4.78 is 1.99. The van der Waals surface area contributed by atoms with Crippen molar-refractivity contribution in [3.05, 3.63) is 0 Å². The number of hydrazine groups is 1. The van der Waals surface area contributed by atoms with Crippen molar-refractivity contribution in [2.45, 2.75) is 26.4 Å². The number of hydrazone groups is 1. The molecule has 0 radical (unpaired) electrons. The summed E-state index contributed by atoms with van der Waals surface area (Å²) in [4.78, 5) is 0. The molecule has 2 N–H and O–H groups in total. The first-order valence-corrected chi connectivity index (χ1v) is 3.14. The first kappa shape index (κ1) is 6.39. The Morgan fingerprint density at radius 3 is 2.11 bits per heavy atom. The number of rotatable bonds is 0. The summed E-state index contributed by atoms with van der Waals surface area (Å²) in [6.45, 7) is 6.24. The quantitative estimate of drug-likeness (QED) is 0.445. The molecule has 0 aromatic carbocycles. The predicted octanol–water partition coefficient (Wildman–Crippen LogP) is -0.109. The molecule has 0 saturated heterocycles. The Morgan fingerprint density at radius 1 is 1.44 bits per heavy atom. The summed E-state index contributed by atoms with van der Waals surface area (Å²) >= 11 is 0. The summed E-state index contributed by atoms with van der Waals surface area (Å²) in [5, 5.41) is 3.27. The van der Waals surface area contributed by atoms with E-state index in [0.717, 1.165) is 0 Å². The third-order valence-electron chi connectivity index (χ3n) is 1.44. The van der Waals surface area contributed by atoms with Crippen molar-refractivity contribution in [1.29, 1.82) is 0 Å². The van der Waals surface area contributed by atoms with Crippen LogP contribution in [-0.2, 0) is 0 Å². The minimum Gasteiger partial charge on any atom is -0.251 e. The van der Waals surface area contributed by atoms with Crippen LogP contribution in [0.1, 0.15) is 20.8 Å². The van der Waals surface area contributed by atoms with Crippen LogP contribution in [0, 0.1) is 0 Å². The molecular weight excluding hydrogens is 114 g/mol. The van der Waals surface area contributed by atoms with Gasteiger partial charge in [0.15, 0.2) is 5.66 Å². The Morgan fingerprint density at radius 2 is 2.00 bits per heavy atom. The van der Waals surface area contributed by atoms with E-state index >= 15 is 0 Å². The van der Waals surface area contributed by atoms with Gasteiger partial charge in [-0.2, -0.15) is 4.68 Å². The second-order valence-electron chi connectivity index (χ2n) is 3.01. The van der Waals surface area contributed by atoms with Crippen molar-refractivity contribution in [1.82, 2.24) is 10.7 Å². The van der Waals surface area contributed by atoms with Gasteiger partial charge in [-0.3, -0.25) is 5.32 Å². The molecule has 0 spiro atoms. The smallest absolute Gasteiger partial charge is 0.251 e. The van der Waals surface area contributed by atoms with E-state index in [1.165, 1.54) is 5.84 Å². The molecule has 0 aliphatic carbocycles. The lowest BCUT2D eigenvalue weighted by Crippen LogP contribution is -2.46. The van der Waals surface area contributed by atoms with Crippen LogP contribution in [0.3, 0.4) is 0 Å². The molecule has 1 heterocycles. The number of hydrogen-bond donors (Lipinski definition) is 2. The highest BCUT2D eigenvalue weighted by Gasteiger charge is 2.31. The fraction of sp³-hybridized carbons (Fsp3) is 0.833. The number of nitrogens with zero attached hydrogens (tertiary/aromatic N) is 1. The Labute approximate surface area is 55.7 Å². The molecule has 9 heavy (non-hydrogen) atoms. The Kier molecular flexibility index (Phi) is 1.15. The van der Waals surface area contributed by atoms with Crippen molar-refractivity contribution in [3.63, 3.8) is 0 Å². The minimum atomic E-state index is 0.0266. The molecule has 3 nitrogen and oxygen atoms in total. The molecule has 1 aliphatic rings. The Hall–Kier alpha value is -0.730. The highest BCUT2D eigenvalue weighted by molar-refractivity contribution is 5.75. The summed E-state index contributed by atoms with van der Waals surface area (Å²) in [6.07, 6.45) is 0. The molecular formula is C6H14N3+. The Bertz CT molecular complexity index is 142. The van der Waals surface area contributed by atoms with E-state index in [-0.39, 0.29) is 5.66 Å². The standard InChI is InChI=1S/C6H13N3/c1-5-7-6(2,3)8-9(5)4/h8H,1-4H3/p+1. The van der Waals surface area contributed by atoms with Gasteiger partial charge in [0.1, 0.15) is 7.05 Å². The van der Waals surface area contributed by atoms with Crippen LogP contribution < -0.4 is 10.7 Å². The zero-order valence-electron chi connectivity index (χ0n) is 6.45. The summed E-state index contributed by atoms with van der Waals surface area (Å²) in [6, 6.07) is 0. The van der Waals surface area contributed by atoms with E-state index in [1.54, 1.807) is 0 Å². The fourth-order valence-corrected chi connectivity index (χ4v) is 1.07. The Balaban J connectivity index is 2.70. The topological polar surface area (TPSA) is 27.1 Å². The minimum absolute atomic E-state index is 0.0266. The molecule has 52 valence electrons. The van der Waals surface area contributed by atoms with Crippen molar-refractivity contribution in [2.75, 3.05) is 7.05 Å². The lowest BCUT2D eigenvalue weighted by molar-refractivity contribution is -0.561. The summed E-state index contributed by atoms with van der Waals surface area (Å²) in [5.41, 5.74) is 3.25. The van der Waals surface area contributed by atoms with E-state index in [9.17, 15) is 0 Å². The molecule has 0 aromatic rings. The van der Waals surface area contributed by atoms with E-state index in [4.69, 9.17) is 0 Å². The van der Waals surface area contributed by atoms with Crippen molar-refractivity contribution < 1.29 is 4.68 Å². The van der Waals surface area contributed by atoms with Gasteiger partial charge in [-0.1, -0.05) is 0 Å². The highest BCUT2D eigenvalue weighted by Crippen LogP contribution is 2.00. The molecule has 0 atom stereocenters. The van der Waals surface area contributed by atoms with E-state index in [2.05, 4.69) is 24.6 Å². The average molecular weight is 128 g/mol. The number of hydrogen-bond acceptors (Lipinski definition) is 2. The third-order valence-corrected chi connectivity index (χ3v) is 1.44. The van der Waals surface area contributed by atoms with Gasteiger partial charge in [-0.05, 0) is 0 Å². The number of nitrogens with one attached hydrogen (secondary N) is 2. The highest BCUT2D eigenvalue weighted by atomic mass is 15.6. The monoisotopic (exact) mass is 128 g/mol. The van der Waals surface area contributed by atoms with Crippen LogP contribution >= 0.6 is 0 Å². The van der Waals surface area contributed by atoms with Crippen LogP contribution in [0.5, 0.6) is 0 Å². The van der Waals surface area contributed by atoms with Crippen molar-refractivity contribution >= 4 is 5.84 Å². The van der Waals surface area contributed by atoms with Crippen LogP contribution in [0.25, 0.3) is 0 Å². The van der Waals surface area contributed by atoms with Gasteiger partial charge in [0.2, 0.25) is 0 Å². The molecule has 3 heteroatoms. The summed E-state index contributed by atoms with van der Waals surface area (Å²) in [5.74, 6) is 1.17. The van der Waals surface area contributed by atoms with E-state index in [0.29, 0.717) is 0 Å². The number of amidine groups is 1. The van der Waals surface area contributed by atoms with Gasteiger partial charge >= 0.3 is 0 Å². The van der Waals surface area contributed by atoms with Crippen LogP contribution in [0.4, 0.5) is 0 Å². The fourth-order valence-electron chi connectivity index (χ4n) is 1.07. The molecule has 0 fully saturated rings. The first-order valence-electron chi connectivity index (χ1n) is 3.14. The molecule has 1 rings (SSSR count). The van der Waals surface area contributed by atoms with Gasteiger partial charge in [0, 0.05) is 20.8 Å². The lowest BCUT2D eigenvalue weighted by Gasteiger charge is -2.12. The van der Waals surface area contributed by atoms with Gasteiger partial charge in [0.05, 0.1) is 0 Å². The summed E-state index contributed by atoms with van der Waals surface area (Å²) in [7, 11) is 2.00. The van der Waals surface area contributed by atoms with Crippen molar-refractivity contribution in [2.24, 2.45) is 0 Å². The normalized spacial score (nSPS) is 23.6. The van der Waals surface area contributed by atoms with Crippen LogP contribution in [0.2, 0.25) is 0 Å². The van der Waals surface area contributed by atoms with E-state index < -0.39 is 0 Å². The van der Waals surface area contributed by atoms with Gasteiger partial charge in [-0.25, -0.2) is 5.43 Å². The zero-order valence-corrected chi connectivity index (χ0v) is 6.45. The van der Waals surface area contributed by atoms with Gasteiger partial charge < -0.3 is 0 Å².